The van der Waals surface area contributed by atoms with E-state index in [1.807, 2.05) is 30.1 Å². The molecule has 0 aliphatic carbocycles. The molecule has 30 heavy (non-hydrogen) atoms. The molecule has 1 aliphatic rings. The van der Waals surface area contributed by atoms with Gasteiger partial charge >= 0.3 is 0 Å². The molecule has 1 saturated heterocycles. The summed E-state index contributed by atoms with van der Waals surface area (Å²) in [6, 6.07) is 10.6. The van der Waals surface area contributed by atoms with E-state index in [4.69, 9.17) is 4.74 Å². The average Bonchev–Trinajstić information content (AvgIpc) is 3.30. The van der Waals surface area contributed by atoms with E-state index in [2.05, 4.69) is 63.3 Å². The van der Waals surface area contributed by atoms with Crippen LogP contribution in [0.5, 0.6) is 0 Å². The van der Waals surface area contributed by atoms with Gasteiger partial charge in [-0.15, -0.1) is 0 Å². The van der Waals surface area contributed by atoms with E-state index < -0.39 is 0 Å². The first kappa shape index (κ1) is 20.1. The van der Waals surface area contributed by atoms with Crippen LogP contribution in [-0.2, 0) is 11.3 Å². The van der Waals surface area contributed by atoms with Crippen molar-refractivity contribution >= 4 is 5.96 Å². The number of aromatic nitrogens is 3. The first-order valence-corrected chi connectivity index (χ1v) is 10.2. The van der Waals surface area contributed by atoms with Crippen molar-refractivity contribution in [1.82, 2.24) is 24.8 Å². The van der Waals surface area contributed by atoms with E-state index in [-0.39, 0.29) is 6.10 Å². The predicted molar refractivity (Wildman–Crippen MR) is 118 cm³/mol. The van der Waals surface area contributed by atoms with Crippen LogP contribution in [0.1, 0.15) is 28.4 Å². The third-order valence-electron chi connectivity index (χ3n) is 5.38. The van der Waals surface area contributed by atoms with Gasteiger partial charge in [0.2, 0.25) is 0 Å². The lowest BCUT2D eigenvalue weighted by atomic mass is 10.00. The zero-order valence-corrected chi connectivity index (χ0v) is 17.7. The number of rotatable bonds is 4. The normalized spacial score (nSPS) is 17.2. The molecule has 1 unspecified atom stereocenters. The Balaban J connectivity index is 1.42. The SMILES string of the molecule is CN=C(NCc1ccnc(-n2ccnc2)c1)N1CCOC(c2ccc(C)cc2C)C1. The second-order valence-corrected chi connectivity index (χ2v) is 7.56. The highest BCUT2D eigenvalue weighted by Gasteiger charge is 2.25. The van der Waals surface area contributed by atoms with Crippen molar-refractivity contribution in [1.29, 1.82) is 0 Å². The highest BCUT2D eigenvalue weighted by atomic mass is 16.5. The highest BCUT2D eigenvalue weighted by molar-refractivity contribution is 5.80. The molecular weight excluding hydrogens is 376 g/mol. The molecule has 0 bridgehead atoms. The molecule has 4 rings (SSSR count). The first-order chi connectivity index (χ1) is 14.6. The van der Waals surface area contributed by atoms with Gasteiger partial charge in [-0.05, 0) is 42.7 Å². The molecule has 0 radical (unpaired) electrons. The molecule has 1 aliphatic heterocycles. The van der Waals surface area contributed by atoms with Crippen molar-refractivity contribution < 1.29 is 4.74 Å². The number of nitrogens with one attached hydrogen (secondary N) is 1. The Hall–Kier alpha value is -3.19. The van der Waals surface area contributed by atoms with Crippen LogP contribution in [0.3, 0.4) is 0 Å². The number of hydrogen-bond donors (Lipinski definition) is 1. The van der Waals surface area contributed by atoms with E-state index in [1.165, 1.54) is 16.7 Å². The minimum atomic E-state index is 0.0478. The molecule has 3 heterocycles. The number of aliphatic imine (C=N–C) groups is 1. The molecule has 0 spiro atoms. The number of guanidine groups is 1. The van der Waals surface area contributed by atoms with Crippen LogP contribution in [0.25, 0.3) is 5.82 Å². The van der Waals surface area contributed by atoms with Gasteiger partial charge in [0.25, 0.3) is 0 Å². The zero-order chi connectivity index (χ0) is 20.9. The molecule has 1 fully saturated rings. The lowest BCUT2D eigenvalue weighted by molar-refractivity contribution is -0.00834. The van der Waals surface area contributed by atoms with Crippen molar-refractivity contribution in [3.63, 3.8) is 0 Å². The fourth-order valence-electron chi connectivity index (χ4n) is 3.84. The first-order valence-electron chi connectivity index (χ1n) is 10.2. The van der Waals surface area contributed by atoms with Gasteiger partial charge in [0.15, 0.2) is 5.96 Å². The predicted octanol–water partition coefficient (Wildman–Crippen LogP) is 3.03. The van der Waals surface area contributed by atoms with Crippen molar-refractivity contribution in [2.75, 3.05) is 26.7 Å². The second kappa shape index (κ2) is 9.09. The molecule has 3 aromatic rings. The van der Waals surface area contributed by atoms with Gasteiger partial charge < -0.3 is 15.0 Å². The molecule has 1 atom stereocenters. The Morgan fingerprint density at radius 2 is 2.13 bits per heavy atom. The third kappa shape index (κ3) is 4.52. The number of hydrogen-bond acceptors (Lipinski definition) is 4. The van der Waals surface area contributed by atoms with E-state index in [0.29, 0.717) is 13.2 Å². The van der Waals surface area contributed by atoms with Crippen LogP contribution in [0, 0.1) is 13.8 Å². The number of benzene rings is 1. The Bertz CT molecular complexity index is 1010. The summed E-state index contributed by atoms with van der Waals surface area (Å²) in [6.45, 7) is 7.21. The minimum absolute atomic E-state index is 0.0478. The number of imidazole rings is 1. The average molecular weight is 405 g/mol. The van der Waals surface area contributed by atoms with Crippen molar-refractivity contribution in [2.45, 2.75) is 26.5 Å². The number of aryl methyl sites for hydroxylation is 2. The number of morpholine rings is 1. The third-order valence-corrected chi connectivity index (χ3v) is 5.38. The molecule has 2 aromatic heterocycles. The van der Waals surface area contributed by atoms with Crippen molar-refractivity contribution in [3.8, 4) is 5.82 Å². The number of nitrogens with zero attached hydrogens (tertiary/aromatic N) is 5. The summed E-state index contributed by atoms with van der Waals surface area (Å²) < 4.78 is 7.99. The standard InChI is InChI=1S/C23H28N6O/c1-17-4-5-20(18(2)12-17)21-15-28(10-11-30-21)23(24-3)27-14-19-6-7-26-22(13-19)29-9-8-25-16-29/h4-9,12-13,16,21H,10-11,14-15H2,1-3H3,(H,24,27). The lowest BCUT2D eigenvalue weighted by Crippen LogP contribution is -2.48. The Morgan fingerprint density at radius 3 is 2.90 bits per heavy atom. The largest absolute Gasteiger partial charge is 0.370 e. The van der Waals surface area contributed by atoms with Crippen LogP contribution in [0.15, 0.2) is 60.2 Å². The second-order valence-electron chi connectivity index (χ2n) is 7.56. The van der Waals surface area contributed by atoms with Crippen LogP contribution in [0.4, 0.5) is 0 Å². The van der Waals surface area contributed by atoms with Gasteiger partial charge in [0.1, 0.15) is 18.2 Å². The van der Waals surface area contributed by atoms with Gasteiger partial charge in [-0.2, -0.15) is 0 Å². The summed E-state index contributed by atoms with van der Waals surface area (Å²) in [5, 5.41) is 3.49. The molecule has 1 N–H and O–H groups in total. The molecule has 7 heteroatoms. The molecule has 1 aromatic carbocycles. The summed E-state index contributed by atoms with van der Waals surface area (Å²) in [5.74, 6) is 1.73. The Morgan fingerprint density at radius 1 is 1.23 bits per heavy atom. The maximum atomic E-state index is 6.09. The quantitative estimate of drug-likeness (QED) is 0.535. The molecule has 0 saturated carbocycles. The van der Waals surface area contributed by atoms with Crippen molar-refractivity contribution in [3.05, 3.63) is 77.5 Å². The van der Waals surface area contributed by atoms with E-state index in [1.54, 1.807) is 12.5 Å². The molecule has 7 nitrogen and oxygen atoms in total. The fraction of sp³-hybridized carbons (Fsp3) is 0.348. The van der Waals surface area contributed by atoms with Crippen LogP contribution in [0.2, 0.25) is 0 Å². The number of pyridine rings is 1. The molecular formula is C23H28N6O. The zero-order valence-electron chi connectivity index (χ0n) is 17.7. The minimum Gasteiger partial charge on any atom is -0.370 e. The highest BCUT2D eigenvalue weighted by Crippen LogP contribution is 2.26. The van der Waals surface area contributed by atoms with Gasteiger partial charge in [-0.1, -0.05) is 23.8 Å². The van der Waals surface area contributed by atoms with Crippen LogP contribution in [-0.4, -0.2) is 52.1 Å². The van der Waals surface area contributed by atoms with Gasteiger partial charge in [0, 0.05) is 38.7 Å². The van der Waals surface area contributed by atoms with E-state index in [9.17, 15) is 0 Å². The Kier molecular flexibility index (Phi) is 6.09. The van der Waals surface area contributed by atoms with Gasteiger partial charge in [-0.25, -0.2) is 9.97 Å². The maximum Gasteiger partial charge on any atom is 0.194 e. The molecule has 156 valence electrons. The van der Waals surface area contributed by atoms with Gasteiger partial charge in [-0.3, -0.25) is 9.56 Å². The number of ether oxygens (including phenoxy) is 1. The Labute approximate surface area is 177 Å². The van der Waals surface area contributed by atoms with E-state index in [0.717, 1.165) is 30.4 Å². The summed E-state index contributed by atoms with van der Waals surface area (Å²) in [5.41, 5.74) is 4.93. The lowest BCUT2D eigenvalue weighted by Gasteiger charge is -2.36. The summed E-state index contributed by atoms with van der Waals surface area (Å²) in [7, 11) is 1.83. The fourth-order valence-corrected chi connectivity index (χ4v) is 3.84. The maximum absolute atomic E-state index is 6.09. The summed E-state index contributed by atoms with van der Waals surface area (Å²) in [6.07, 6.45) is 7.25. The summed E-state index contributed by atoms with van der Waals surface area (Å²) >= 11 is 0. The van der Waals surface area contributed by atoms with Crippen LogP contribution >= 0.6 is 0 Å². The van der Waals surface area contributed by atoms with Crippen molar-refractivity contribution in [2.24, 2.45) is 4.99 Å². The topological polar surface area (TPSA) is 67.6 Å². The van der Waals surface area contributed by atoms with Gasteiger partial charge in [0.05, 0.1) is 13.2 Å². The van der Waals surface area contributed by atoms with Crippen LogP contribution < -0.4 is 5.32 Å². The monoisotopic (exact) mass is 404 g/mol. The summed E-state index contributed by atoms with van der Waals surface area (Å²) in [4.78, 5) is 15.3. The smallest absolute Gasteiger partial charge is 0.194 e. The molecule has 0 amide bonds. The van der Waals surface area contributed by atoms with E-state index >= 15 is 0 Å².